The lowest BCUT2D eigenvalue weighted by atomic mass is 9.95. The summed E-state index contributed by atoms with van der Waals surface area (Å²) in [7, 11) is 3.36. The van der Waals surface area contributed by atoms with Crippen LogP contribution in [0.2, 0.25) is 0 Å². The maximum absolute atomic E-state index is 13.5. The summed E-state index contributed by atoms with van der Waals surface area (Å²) < 4.78 is 13.5. The highest BCUT2D eigenvalue weighted by atomic mass is 19.1. The molecular weight excluding hydrogens is 207 g/mol. The molecule has 0 heterocycles. The lowest BCUT2D eigenvalue weighted by Gasteiger charge is -2.18. The van der Waals surface area contributed by atoms with Crippen molar-refractivity contribution in [3.05, 3.63) is 35.6 Å². The third kappa shape index (κ3) is 3.03. The Hall–Kier alpha value is -1.42. The second kappa shape index (κ2) is 5.61. The number of halogens is 1. The quantitative estimate of drug-likeness (QED) is 0.839. The molecule has 4 heteroatoms. The Morgan fingerprint density at radius 1 is 1.44 bits per heavy atom. The molecule has 0 aliphatic carbocycles. The first-order chi connectivity index (χ1) is 7.56. The molecule has 1 rings (SSSR count). The van der Waals surface area contributed by atoms with Gasteiger partial charge in [-0.25, -0.2) is 4.39 Å². The monoisotopic (exact) mass is 224 g/mol. The van der Waals surface area contributed by atoms with Gasteiger partial charge < -0.3 is 10.6 Å². The van der Waals surface area contributed by atoms with E-state index in [1.165, 1.54) is 11.0 Å². The molecule has 0 radical (unpaired) electrons. The van der Waals surface area contributed by atoms with Gasteiger partial charge in [0.1, 0.15) is 5.82 Å². The molecule has 0 aliphatic rings. The SMILES string of the molecule is CN(C)C(=O)CC(CN)c1ccccc1F. The van der Waals surface area contributed by atoms with Crippen molar-refractivity contribution in [2.24, 2.45) is 5.73 Å². The van der Waals surface area contributed by atoms with Gasteiger partial charge in [-0.1, -0.05) is 18.2 Å². The van der Waals surface area contributed by atoms with Crippen molar-refractivity contribution in [1.29, 1.82) is 0 Å². The van der Waals surface area contributed by atoms with E-state index in [9.17, 15) is 9.18 Å². The predicted octanol–water partition coefficient (Wildman–Crippen LogP) is 1.35. The van der Waals surface area contributed by atoms with Gasteiger partial charge in [-0.3, -0.25) is 4.79 Å². The molecule has 0 saturated heterocycles. The number of nitrogens with zero attached hydrogens (tertiary/aromatic N) is 1. The Labute approximate surface area is 95.0 Å². The summed E-state index contributed by atoms with van der Waals surface area (Å²) in [6.45, 7) is 0.264. The normalized spacial score (nSPS) is 12.2. The third-order valence-corrected chi connectivity index (χ3v) is 2.55. The first-order valence-corrected chi connectivity index (χ1v) is 5.21. The lowest BCUT2D eigenvalue weighted by Crippen LogP contribution is -2.26. The van der Waals surface area contributed by atoms with E-state index in [0.29, 0.717) is 5.56 Å². The first-order valence-electron chi connectivity index (χ1n) is 5.21. The Bertz CT molecular complexity index is 366. The summed E-state index contributed by atoms with van der Waals surface area (Å²) in [5.74, 6) is -0.598. The van der Waals surface area contributed by atoms with E-state index in [-0.39, 0.29) is 30.6 Å². The molecule has 1 atom stereocenters. The molecule has 3 nitrogen and oxygen atoms in total. The molecule has 0 aliphatic heterocycles. The van der Waals surface area contributed by atoms with Crippen molar-refractivity contribution in [1.82, 2.24) is 4.90 Å². The van der Waals surface area contributed by atoms with Gasteiger partial charge in [0, 0.05) is 26.4 Å². The summed E-state index contributed by atoms with van der Waals surface area (Å²) >= 11 is 0. The zero-order valence-electron chi connectivity index (χ0n) is 9.61. The minimum Gasteiger partial charge on any atom is -0.349 e. The van der Waals surface area contributed by atoms with Crippen LogP contribution in [0.5, 0.6) is 0 Å². The topological polar surface area (TPSA) is 46.3 Å². The number of carbonyl (C=O) groups is 1. The van der Waals surface area contributed by atoms with Crippen LogP contribution in [0.25, 0.3) is 0 Å². The maximum Gasteiger partial charge on any atom is 0.222 e. The fourth-order valence-electron chi connectivity index (χ4n) is 1.52. The van der Waals surface area contributed by atoms with Gasteiger partial charge in [-0.05, 0) is 18.2 Å². The summed E-state index contributed by atoms with van der Waals surface area (Å²) in [6, 6.07) is 6.44. The zero-order valence-corrected chi connectivity index (χ0v) is 9.61. The molecule has 1 aromatic rings. The van der Waals surface area contributed by atoms with Gasteiger partial charge in [0.2, 0.25) is 5.91 Å². The van der Waals surface area contributed by atoms with Crippen LogP contribution in [0.3, 0.4) is 0 Å². The highest BCUT2D eigenvalue weighted by Gasteiger charge is 2.18. The minimum absolute atomic E-state index is 0.0429. The number of hydrogen-bond donors (Lipinski definition) is 1. The van der Waals surface area contributed by atoms with Crippen molar-refractivity contribution in [3.63, 3.8) is 0 Å². The Balaban J connectivity index is 2.83. The van der Waals surface area contributed by atoms with E-state index in [0.717, 1.165) is 0 Å². The van der Waals surface area contributed by atoms with E-state index in [1.807, 2.05) is 0 Å². The summed E-state index contributed by atoms with van der Waals surface area (Å²) in [5.41, 5.74) is 6.10. The fourth-order valence-corrected chi connectivity index (χ4v) is 1.52. The highest BCUT2D eigenvalue weighted by Crippen LogP contribution is 2.21. The van der Waals surface area contributed by atoms with E-state index < -0.39 is 0 Å². The van der Waals surface area contributed by atoms with Crippen molar-refractivity contribution in [2.75, 3.05) is 20.6 Å². The molecule has 0 fully saturated rings. The van der Waals surface area contributed by atoms with Crippen molar-refractivity contribution in [3.8, 4) is 0 Å². The summed E-state index contributed by atoms with van der Waals surface area (Å²) in [4.78, 5) is 13.0. The smallest absolute Gasteiger partial charge is 0.222 e. The fraction of sp³-hybridized carbons (Fsp3) is 0.417. The van der Waals surface area contributed by atoms with Gasteiger partial charge in [0.25, 0.3) is 0 Å². The van der Waals surface area contributed by atoms with Gasteiger partial charge in [0.15, 0.2) is 0 Å². The zero-order chi connectivity index (χ0) is 12.1. The van der Waals surface area contributed by atoms with E-state index in [4.69, 9.17) is 5.73 Å². The third-order valence-electron chi connectivity index (χ3n) is 2.55. The van der Waals surface area contributed by atoms with Crippen molar-refractivity contribution < 1.29 is 9.18 Å². The number of amides is 1. The molecule has 88 valence electrons. The second-order valence-electron chi connectivity index (χ2n) is 3.95. The van der Waals surface area contributed by atoms with Crippen LogP contribution in [0, 0.1) is 5.82 Å². The average Bonchev–Trinajstić information content (AvgIpc) is 2.26. The molecule has 0 spiro atoms. The Morgan fingerprint density at radius 3 is 2.56 bits per heavy atom. The molecule has 16 heavy (non-hydrogen) atoms. The predicted molar refractivity (Wildman–Crippen MR) is 61.5 cm³/mol. The molecule has 0 saturated carbocycles. The summed E-state index contributed by atoms with van der Waals surface area (Å²) in [5, 5.41) is 0. The number of rotatable bonds is 4. The Morgan fingerprint density at radius 2 is 2.06 bits per heavy atom. The largest absolute Gasteiger partial charge is 0.349 e. The number of nitrogens with two attached hydrogens (primary N) is 1. The van der Waals surface area contributed by atoms with E-state index in [2.05, 4.69) is 0 Å². The minimum atomic E-state index is -0.301. The van der Waals surface area contributed by atoms with Crippen LogP contribution >= 0.6 is 0 Å². The van der Waals surface area contributed by atoms with Crippen LogP contribution in [0.4, 0.5) is 4.39 Å². The molecule has 1 amide bonds. The van der Waals surface area contributed by atoms with Crippen LogP contribution in [0.15, 0.2) is 24.3 Å². The Kier molecular flexibility index (Phi) is 4.43. The highest BCUT2D eigenvalue weighted by molar-refractivity contribution is 5.76. The molecule has 0 bridgehead atoms. The number of benzene rings is 1. The van der Waals surface area contributed by atoms with E-state index >= 15 is 0 Å². The lowest BCUT2D eigenvalue weighted by molar-refractivity contribution is -0.129. The molecule has 1 aromatic carbocycles. The van der Waals surface area contributed by atoms with E-state index in [1.54, 1.807) is 32.3 Å². The molecule has 2 N–H and O–H groups in total. The van der Waals surface area contributed by atoms with Crippen LogP contribution in [-0.2, 0) is 4.79 Å². The first kappa shape index (κ1) is 12.6. The standard InChI is InChI=1S/C12H17FN2O/c1-15(2)12(16)7-9(8-14)10-5-3-4-6-11(10)13/h3-6,9H,7-8,14H2,1-2H3. The van der Waals surface area contributed by atoms with Gasteiger partial charge in [-0.15, -0.1) is 0 Å². The molecule has 1 unspecified atom stereocenters. The van der Waals surface area contributed by atoms with Gasteiger partial charge >= 0.3 is 0 Å². The number of carbonyl (C=O) groups excluding carboxylic acids is 1. The maximum atomic E-state index is 13.5. The molecular formula is C12H17FN2O. The number of hydrogen-bond acceptors (Lipinski definition) is 2. The summed E-state index contributed by atoms with van der Waals surface area (Å²) in [6.07, 6.45) is 0.241. The van der Waals surface area contributed by atoms with Crippen LogP contribution in [0.1, 0.15) is 17.9 Å². The van der Waals surface area contributed by atoms with Gasteiger partial charge in [-0.2, -0.15) is 0 Å². The van der Waals surface area contributed by atoms with Crippen molar-refractivity contribution in [2.45, 2.75) is 12.3 Å². The molecule has 0 aromatic heterocycles. The second-order valence-corrected chi connectivity index (χ2v) is 3.95. The van der Waals surface area contributed by atoms with Crippen molar-refractivity contribution >= 4 is 5.91 Å². The van der Waals surface area contributed by atoms with Gasteiger partial charge in [0.05, 0.1) is 0 Å². The van der Waals surface area contributed by atoms with Crippen LogP contribution < -0.4 is 5.73 Å². The van der Waals surface area contributed by atoms with Crippen LogP contribution in [-0.4, -0.2) is 31.4 Å². The average molecular weight is 224 g/mol.